The first-order chi connectivity index (χ1) is 9.15. The zero-order valence-corrected chi connectivity index (χ0v) is 10.7. The third kappa shape index (κ3) is 2.79. The number of nitrogens with two attached hydrogens (primary N) is 1. The molecule has 0 fully saturated rings. The first-order valence-electron chi connectivity index (χ1n) is 6.12. The molecule has 0 radical (unpaired) electrons. The molecule has 0 aliphatic carbocycles. The van der Waals surface area contributed by atoms with Crippen molar-refractivity contribution >= 4 is 5.69 Å². The molecule has 0 aliphatic heterocycles. The van der Waals surface area contributed by atoms with Crippen molar-refractivity contribution < 1.29 is 4.92 Å². The molecule has 0 saturated heterocycles. The molecule has 6 heteroatoms. The van der Waals surface area contributed by atoms with Gasteiger partial charge >= 0.3 is 0 Å². The first-order valence-corrected chi connectivity index (χ1v) is 6.12. The number of nitro groups is 1. The van der Waals surface area contributed by atoms with Crippen molar-refractivity contribution in [1.82, 2.24) is 9.55 Å². The highest BCUT2D eigenvalue weighted by Crippen LogP contribution is 2.15. The number of rotatable bonds is 5. The third-order valence-corrected chi connectivity index (χ3v) is 3.06. The molecular formula is C13H16N4O2. The molecule has 0 atom stereocenters. The zero-order chi connectivity index (χ0) is 13.8. The summed E-state index contributed by atoms with van der Waals surface area (Å²) in [7, 11) is 0. The van der Waals surface area contributed by atoms with Crippen LogP contribution in [0.15, 0.2) is 30.5 Å². The molecule has 0 spiro atoms. The lowest BCUT2D eigenvalue weighted by Crippen LogP contribution is -2.09. The fraction of sp³-hybridized carbons (Fsp3) is 0.308. The van der Waals surface area contributed by atoms with Gasteiger partial charge in [0.2, 0.25) is 0 Å². The Morgan fingerprint density at radius 3 is 2.58 bits per heavy atom. The van der Waals surface area contributed by atoms with E-state index in [1.807, 2.05) is 6.92 Å². The minimum Gasteiger partial charge on any atom is -0.331 e. The lowest BCUT2D eigenvalue weighted by atomic mass is 10.1. The molecule has 1 aromatic heterocycles. The van der Waals surface area contributed by atoms with Gasteiger partial charge in [0.1, 0.15) is 5.82 Å². The summed E-state index contributed by atoms with van der Waals surface area (Å²) in [6.07, 6.45) is 2.43. The minimum atomic E-state index is -0.400. The van der Waals surface area contributed by atoms with Crippen LogP contribution in [0.5, 0.6) is 0 Å². The van der Waals surface area contributed by atoms with Crippen LogP contribution in [0, 0.1) is 10.1 Å². The molecule has 0 amide bonds. The van der Waals surface area contributed by atoms with E-state index in [9.17, 15) is 10.1 Å². The number of nitro benzene ring substituents is 1. The predicted molar refractivity (Wildman–Crippen MR) is 71.7 cm³/mol. The molecule has 0 bridgehead atoms. The lowest BCUT2D eigenvalue weighted by Gasteiger charge is -2.08. The van der Waals surface area contributed by atoms with Gasteiger partial charge in [0.15, 0.2) is 0 Å². The van der Waals surface area contributed by atoms with Crippen molar-refractivity contribution in [2.45, 2.75) is 26.4 Å². The van der Waals surface area contributed by atoms with Gasteiger partial charge in [-0.3, -0.25) is 10.1 Å². The van der Waals surface area contributed by atoms with Gasteiger partial charge in [-0.2, -0.15) is 0 Å². The molecule has 0 unspecified atom stereocenters. The van der Waals surface area contributed by atoms with Crippen LogP contribution < -0.4 is 5.73 Å². The standard InChI is InChI=1S/C13H16N4O2/c1-2-16-12(8-14)9-15-13(16)7-10-3-5-11(6-4-10)17(18)19/h3-6,9H,2,7-8,14H2,1H3. The number of hydrogen-bond acceptors (Lipinski definition) is 4. The quantitative estimate of drug-likeness (QED) is 0.656. The first kappa shape index (κ1) is 13.2. The summed E-state index contributed by atoms with van der Waals surface area (Å²) in [6, 6.07) is 6.54. The number of non-ortho nitro benzene ring substituents is 1. The lowest BCUT2D eigenvalue weighted by molar-refractivity contribution is -0.384. The van der Waals surface area contributed by atoms with Crippen LogP contribution in [0.25, 0.3) is 0 Å². The summed E-state index contributed by atoms with van der Waals surface area (Å²) in [5.74, 6) is 0.928. The number of hydrogen-bond donors (Lipinski definition) is 1. The summed E-state index contributed by atoms with van der Waals surface area (Å²) < 4.78 is 2.07. The molecular weight excluding hydrogens is 244 g/mol. The maximum Gasteiger partial charge on any atom is 0.269 e. The normalized spacial score (nSPS) is 10.6. The van der Waals surface area contributed by atoms with Crippen LogP contribution in [0.1, 0.15) is 24.0 Å². The Kier molecular flexibility index (Phi) is 3.91. The van der Waals surface area contributed by atoms with E-state index in [4.69, 9.17) is 5.73 Å². The average Bonchev–Trinajstić information content (AvgIpc) is 2.81. The van der Waals surface area contributed by atoms with Crippen molar-refractivity contribution in [2.24, 2.45) is 5.73 Å². The zero-order valence-electron chi connectivity index (χ0n) is 10.7. The molecule has 2 N–H and O–H groups in total. The Morgan fingerprint density at radius 1 is 1.37 bits per heavy atom. The third-order valence-electron chi connectivity index (χ3n) is 3.06. The minimum absolute atomic E-state index is 0.102. The van der Waals surface area contributed by atoms with E-state index in [0.29, 0.717) is 13.0 Å². The van der Waals surface area contributed by atoms with Gasteiger partial charge in [0.25, 0.3) is 5.69 Å². The van der Waals surface area contributed by atoms with Crippen LogP contribution in [0.4, 0.5) is 5.69 Å². The van der Waals surface area contributed by atoms with Crippen LogP contribution in [-0.4, -0.2) is 14.5 Å². The molecule has 100 valence electrons. The number of nitrogens with zero attached hydrogens (tertiary/aromatic N) is 3. The maximum absolute atomic E-state index is 10.6. The number of imidazole rings is 1. The SMILES string of the molecule is CCn1c(CN)cnc1Cc1ccc([N+](=O)[O-])cc1. The second-order valence-corrected chi connectivity index (χ2v) is 4.21. The largest absolute Gasteiger partial charge is 0.331 e. The highest BCUT2D eigenvalue weighted by molar-refractivity contribution is 5.34. The summed E-state index contributed by atoms with van der Waals surface area (Å²) in [6.45, 7) is 3.32. The van der Waals surface area contributed by atoms with Crippen molar-refractivity contribution in [3.63, 3.8) is 0 Å². The Labute approximate surface area is 111 Å². The summed E-state index contributed by atoms with van der Waals surface area (Å²) in [4.78, 5) is 14.5. The fourth-order valence-corrected chi connectivity index (χ4v) is 2.06. The van der Waals surface area contributed by atoms with Gasteiger partial charge in [0, 0.05) is 37.8 Å². The van der Waals surface area contributed by atoms with Gasteiger partial charge < -0.3 is 10.3 Å². The average molecular weight is 260 g/mol. The van der Waals surface area contributed by atoms with Crippen molar-refractivity contribution in [1.29, 1.82) is 0 Å². The van der Waals surface area contributed by atoms with Gasteiger partial charge in [-0.1, -0.05) is 12.1 Å². The molecule has 1 heterocycles. The monoisotopic (exact) mass is 260 g/mol. The van der Waals surface area contributed by atoms with E-state index in [-0.39, 0.29) is 5.69 Å². The van der Waals surface area contributed by atoms with E-state index in [1.54, 1.807) is 18.3 Å². The van der Waals surface area contributed by atoms with Crippen LogP contribution in [-0.2, 0) is 19.5 Å². The second-order valence-electron chi connectivity index (χ2n) is 4.21. The number of benzene rings is 1. The Hall–Kier alpha value is -2.21. The number of aromatic nitrogens is 2. The Bertz CT molecular complexity index is 575. The van der Waals surface area contributed by atoms with E-state index in [2.05, 4.69) is 9.55 Å². The molecule has 0 aliphatic rings. The Morgan fingerprint density at radius 2 is 2.05 bits per heavy atom. The maximum atomic E-state index is 10.6. The molecule has 2 rings (SSSR count). The van der Waals surface area contributed by atoms with Gasteiger partial charge in [-0.25, -0.2) is 4.98 Å². The summed E-state index contributed by atoms with van der Waals surface area (Å²) in [5, 5.41) is 10.6. The van der Waals surface area contributed by atoms with Crippen LogP contribution in [0.3, 0.4) is 0 Å². The smallest absolute Gasteiger partial charge is 0.269 e. The Balaban J connectivity index is 2.21. The highest BCUT2D eigenvalue weighted by Gasteiger charge is 2.09. The molecule has 1 aromatic carbocycles. The summed E-state index contributed by atoms with van der Waals surface area (Å²) >= 11 is 0. The summed E-state index contributed by atoms with van der Waals surface area (Å²) in [5.41, 5.74) is 7.75. The predicted octanol–water partition coefficient (Wildman–Crippen LogP) is 1.86. The van der Waals surface area contributed by atoms with E-state index >= 15 is 0 Å². The van der Waals surface area contributed by atoms with E-state index < -0.39 is 4.92 Å². The van der Waals surface area contributed by atoms with Crippen LogP contribution in [0.2, 0.25) is 0 Å². The molecule has 19 heavy (non-hydrogen) atoms. The topological polar surface area (TPSA) is 87.0 Å². The molecule has 0 saturated carbocycles. The molecule has 2 aromatic rings. The van der Waals surface area contributed by atoms with Crippen molar-refractivity contribution in [3.8, 4) is 0 Å². The van der Waals surface area contributed by atoms with Crippen LogP contribution >= 0.6 is 0 Å². The van der Waals surface area contributed by atoms with Gasteiger partial charge in [-0.15, -0.1) is 0 Å². The highest BCUT2D eigenvalue weighted by atomic mass is 16.6. The van der Waals surface area contributed by atoms with E-state index in [0.717, 1.165) is 23.6 Å². The van der Waals surface area contributed by atoms with Crippen molar-refractivity contribution in [2.75, 3.05) is 0 Å². The van der Waals surface area contributed by atoms with Gasteiger partial charge in [0.05, 0.1) is 10.6 Å². The van der Waals surface area contributed by atoms with Gasteiger partial charge in [-0.05, 0) is 12.5 Å². The van der Waals surface area contributed by atoms with Crippen molar-refractivity contribution in [3.05, 3.63) is 57.7 Å². The fourth-order valence-electron chi connectivity index (χ4n) is 2.06. The van der Waals surface area contributed by atoms with E-state index in [1.165, 1.54) is 12.1 Å². The molecule has 6 nitrogen and oxygen atoms in total. The second kappa shape index (κ2) is 5.62.